The number of methoxy groups -OCH3 is 2. The molecule has 0 radical (unpaired) electrons. The second-order valence-electron chi connectivity index (χ2n) is 7.30. The highest BCUT2D eigenvalue weighted by molar-refractivity contribution is 7.85. The predicted octanol–water partition coefficient (Wildman–Crippen LogP) is 1.01. The van der Waals surface area contributed by atoms with E-state index in [2.05, 4.69) is 14.8 Å². The summed E-state index contributed by atoms with van der Waals surface area (Å²) in [6, 6.07) is 6.28. The molecule has 0 unspecified atom stereocenters. The second-order valence-corrected chi connectivity index (χ2v) is 8.95. The molecule has 0 saturated carbocycles. The maximum absolute atomic E-state index is 12.7. The standard InChI is InChI=1S/C21H32N2O10S/c1-30-18(31-2)11-7-10-17(20(25)26)22-19(24)16(12-13-33-34(3,28)29)23-21(27)32-14-15-8-5-4-6-9-15/h4-6,8-9,16-18H,7,10-14H2,1-3H3,(H,22,24)(H,23,27)(H,25,26)/t16-,17+/m0/s1. The number of carboxylic acid groups (broad SMARTS) is 1. The minimum absolute atomic E-state index is 0.0568. The number of ether oxygens (including phenoxy) is 3. The molecule has 0 heterocycles. The van der Waals surface area contributed by atoms with Crippen molar-refractivity contribution >= 4 is 28.1 Å². The van der Waals surface area contributed by atoms with Crippen LogP contribution in [0, 0.1) is 0 Å². The summed E-state index contributed by atoms with van der Waals surface area (Å²) in [7, 11) is -0.866. The number of alkyl carbamates (subject to hydrolysis) is 1. The molecule has 12 nitrogen and oxygen atoms in total. The van der Waals surface area contributed by atoms with Crippen molar-refractivity contribution in [3.8, 4) is 0 Å². The molecule has 0 aliphatic rings. The second kappa shape index (κ2) is 15.2. The van der Waals surface area contributed by atoms with Gasteiger partial charge >= 0.3 is 12.1 Å². The largest absolute Gasteiger partial charge is 0.480 e. The van der Waals surface area contributed by atoms with Crippen molar-refractivity contribution in [3.63, 3.8) is 0 Å². The van der Waals surface area contributed by atoms with Gasteiger partial charge in [-0.15, -0.1) is 0 Å². The summed E-state index contributed by atoms with van der Waals surface area (Å²) >= 11 is 0. The average Bonchev–Trinajstić information content (AvgIpc) is 2.78. The first-order valence-corrected chi connectivity index (χ1v) is 12.3. The van der Waals surface area contributed by atoms with Gasteiger partial charge in [-0.3, -0.25) is 8.98 Å². The van der Waals surface area contributed by atoms with Gasteiger partial charge in [0.15, 0.2) is 6.29 Å². The number of hydrogen-bond acceptors (Lipinski definition) is 9. The van der Waals surface area contributed by atoms with Crippen LogP contribution in [-0.4, -0.2) is 77.0 Å². The van der Waals surface area contributed by atoms with Crippen LogP contribution in [0.3, 0.4) is 0 Å². The summed E-state index contributed by atoms with van der Waals surface area (Å²) in [6.45, 7) is -0.463. The van der Waals surface area contributed by atoms with E-state index in [0.29, 0.717) is 12.8 Å². The summed E-state index contributed by atoms with van der Waals surface area (Å²) < 4.78 is 42.3. The van der Waals surface area contributed by atoms with Crippen LogP contribution in [0.25, 0.3) is 0 Å². The number of carbonyl (C=O) groups is 3. The molecule has 13 heteroatoms. The van der Waals surface area contributed by atoms with E-state index in [4.69, 9.17) is 14.2 Å². The van der Waals surface area contributed by atoms with Gasteiger partial charge in [0, 0.05) is 20.6 Å². The molecule has 0 bridgehead atoms. The fourth-order valence-corrected chi connectivity index (χ4v) is 3.24. The van der Waals surface area contributed by atoms with E-state index < -0.39 is 53.1 Å². The Labute approximate surface area is 199 Å². The summed E-state index contributed by atoms with van der Waals surface area (Å²) in [5.74, 6) is -2.09. The van der Waals surface area contributed by atoms with E-state index in [9.17, 15) is 27.9 Å². The lowest BCUT2D eigenvalue weighted by atomic mass is 10.1. The molecule has 0 spiro atoms. The molecule has 0 saturated heterocycles. The minimum Gasteiger partial charge on any atom is -0.480 e. The molecule has 2 atom stereocenters. The summed E-state index contributed by atoms with van der Waals surface area (Å²) in [5, 5.41) is 14.2. The van der Waals surface area contributed by atoms with Crippen molar-refractivity contribution < 1.29 is 46.3 Å². The van der Waals surface area contributed by atoms with E-state index in [1.165, 1.54) is 14.2 Å². The predicted molar refractivity (Wildman–Crippen MR) is 120 cm³/mol. The van der Waals surface area contributed by atoms with Crippen LogP contribution in [0.15, 0.2) is 30.3 Å². The van der Waals surface area contributed by atoms with Crippen LogP contribution in [0.1, 0.15) is 31.2 Å². The topological polar surface area (TPSA) is 167 Å². The molecule has 0 aliphatic carbocycles. The highest BCUT2D eigenvalue weighted by Crippen LogP contribution is 2.09. The molecular formula is C21H32N2O10S. The molecule has 3 N–H and O–H groups in total. The third-order valence-corrected chi connectivity index (χ3v) is 5.19. The van der Waals surface area contributed by atoms with Gasteiger partial charge in [-0.25, -0.2) is 9.59 Å². The van der Waals surface area contributed by atoms with E-state index in [-0.39, 0.29) is 19.4 Å². The first kappa shape index (κ1) is 29.3. The SMILES string of the molecule is COC(CCC[C@@H](NC(=O)[C@H](CCOS(C)(=O)=O)NC(=O)OCc1ccccc1)C(=O)O)OC. The Morgan fingerprint density at radius 1 is 0.971 bits per heavy atom. The Morgan fingerprint density at radius 3 is 2.18 bits per heavy atom. The monoisotopic (exact) mass is 504 g/mol. The number of amides is 2. The number of carboxylic acids is 1. The van der Waals surface area contributed by atoms with Crippen LogP contribution >= 0.6 is 0 Å². The van der Waals surface area contributed by atoms with E-state index >= 15 is 0 Å². The minimum atomic E-state index is -3.78. The molecule has 1 aromatic rings. The molecule has 1 rings (SSSR count). The lowest BCUT2D eigenvalue weighted by Gasteiger charge is -2.21. The molecular weight excluding hydrogens is 472 g/mol. The summed E-state index contributed by atoms with van der Waals surface area (Å²) in [4.78, 5) is 36.5. The fourth-order valence-electron chi connectivity index (χ4n) is 2.84. The van der Waals surface area contributed by atoms with Crippen molar-refractivity contribution in [2.75, 3.05) is 27.1 Å². The molecule has 0 aromatic heterocycles. The highest BCUT2D eigenvalue weighted by Gasteiger charge is 2.27. The Kier molecular flexibility index (Phi) is 13.1. The van der Waals surface area contributed by atoms with Gasteiger partial charge in [0.1, 0.15) is 18.7 Å². The maximum Gasteiger partial charge on any atom is 0.408 e. The van der Waals surface area contributed by atoms with Crippen molar-refractivity contribution in [2.45, 2.75) is 50.7 Å². The number of hydrogen-bond donors (Lipinski definition) is 3. The van der Waals surface area contributed by atoms with E-state index in [0.717, 1.165) is 11.8 Å². The number of rotatable bonds is 16. The van der Waals surface area contributed by atoms with Crippen LogP contribution in [0.4, 0.5) is 4.79 Å². The lowest BCUT2D eigenvalue weighted by Crippen LogP contribution is -2.52. The number of carbonyl (C=O) groups excluding carboxylic acids is 2. The number of aliphatic carboxylic acids is 1. The van der Waals surface area contributed by atoms with Gasteiger partial charge < -0.3 is 30.0 Å². The van der Waals surface area contributed by atoms with Crippen molar-refractivity contribution in [3.05, 3.63) is 35.9 Å². The highest BCUT2D eigenvalue weighted by atomic mass is 32.2. The molecule has 0 fully saturated rings. The molecule has 0 aliphatic heterocycles. The van der Waals surface area contributed by atoms with E-state index in [1.807, 2.05) is 0 Å². The zero-order valence-electron chi connectivity index (χ0n) is 19.4. The van der Waals surface area contributed by atoms with Crippen molar-refractivity contribution in [2.24, 2.45) is 0 Å². The third kappa shape index (κ3) is 12.5. The fraction of sp³-hybridized carbons (Fsp3) is 0.571. The smallest absolute Gasteiger partial charge is 0.408 e. The van der Waals surface area contributed by atoms with Crippen molar-refractivity contribution in [1.29, 1.82) is 0 Å². The molecule has 2 amide bonds. The van der Waals surface area contributed by atoms with Gasteiger partial charge in [0.2, 0.25) is 5.91 Å². The first-order chi connectivity index (χ1) is 16.1. The van der Waals surface area contributed by atoms with Crippen LogP contribution in [0.5, 0.6) is 0 Å². The molecule has 192 valence electrons. The van der Waals surface area contributed by atoms with Gasteiger partial charge in [-0.2, -0.15) is 8.42 Å². The zero-order valence-corrected chi connectivity index (χ0v) is 20.2. The third-order valence-electron chi connectivity index (χ3n) is 4.60. The Morgan fingerprint density at radius 2 is 1.62 bits per heavy atom. The quantitative estimate of drug-likeness (QED) is 0.218. The normalized spacial score (nSPS) is 13.2. The maximum atomic E-state index is 12.7. The molecule has 34 heavy (non-hydrogen) atoms. The number of nitrogens with one attached hydrogen (secondary N) is 2. The summed E-state index contributed by atoms with van der Waals surface area (Å²) in [6.07, 6.45) is 0.0269. The van der Waals surface area contributed by atoms with Gasteiger partial charge in [-0.05, 0) is 24.8 Å². The first-order valence-electron chi connectivity index (χ1n) is 10.5. The van der Waals surface area contributed by atoms with Crippen LogP contribution < -0.4 is 10.6 Å². The summed E-state index contributed by atoms with van der Waals surface area (Å²) in [5.41, 5.74) is 0.718. The average molecular weight is 505 g/mol. The van der Waals surface area contributed by atoms with Gasteiger partial charge in [0.25, 0.3) is 10.1 Å². The van der Waals surface area contributed by atoms with Crippen molar-refractivity contribution in [1.82, 2.24) is 10.6 Å². The van der Waals surface area contributed by atoms with Gasteiger partial charge in [0.05, 0.1) is 12.9 Å². The molecule has 1 aromatic carbocycles. The Balaban J connectivity index is 2.75. The lowest BCUT2D eigenvalue weighted by molar-refractivity contribution is -0.142. The Hall–Kier alpha value is -2.74. The van der Waals surface area contributed by atoms with E-state index in [1.54, 1.807) is 30.3 Å². The Bertz CT molecular complexity index is 875. The zero-order chi connectivity index (χ0) is 25.6. The van der Waals surface area contributed by atoms with Crippen LogP contribution in [-0.2, 0) is 44.7 Å². The number of benzene rings is 1. The van der Waals surface area contributed by atoms with Crippen LogP contribution in [0.2, 0.25) is 0 Å². The van der Waals surface area contributed by atoms with Gasteiger partial charge in [-0.1, -0.05) is 30.3 Å².